The van der Waals surface area contributed by atoms with Gasteiger partial charge in [-0.3, -0.25) is 4.79 Å². The van der Waals surface area contributed by atoms with E-state index in [2.05, 4.69) is 44.3 Å². The van der Waals surface area contributed by atoms with E-state index in [1.807, 2.05) is 36.4 Å². The van der Waals surface area contributed by atoms with Crippen LogP contribution in [0.25, 0.3) is 0 Å². The number of hydrogen-bond acceptors (Lipinski definition) is 4. The molecule has 30 heavy (non-hydrogen) atoms. The SMILES string of the molecule is O=C(CSc1nnc(C2CCCCC2)n1Cc1ccccc1)NCc1ccccc1. The van der Waals surface area contributed by atoms with E-state index >= 15 is 0 Å². The molecule has 6 heteroatoms. The zero-order valence-corrected chi connectivity index (χ0v) is 18.0. The highest BCUT2D eigenvalue weighted by Crippen LogP contribution is 2.33. The third-order valence-electron chi connectivity index (χ3n) is 5.56. The predicted octanol–water partition coefficient (Wildman–Crippen LogP) is 4.78. The fourth-order valence-corrected chi connectivity index (χ4v) is 4.74. The second kappa shape index (κ2) is 10.4. The van der Waals surface area contributed by atoms with Crippen molar-refractivity contribution >= 4 is 17.7 Å². The minimum atomic E-state index is 0.0114. The van der Waals surface area contributed by atoms with Crippen LogP contribution in [0.4, 0.5) is 0 Å². The van der Waals surface area contributed by atoms with Gasteiger partial charge in [-0.05, 0) is 24.0 Å². The Morgan fingerprint density at radius 3 is 2.30 bits per heavy atom. The van der Waals surface area contributed by atoms with Gasteiger partial charge in [-0.1, -0.05) is 91.7 Å². The number of nitrogens with one attached hydrogen (secondary N) is 1. The Balaban J connectivity index is 1.43. The summed E-state index contributed by atoms with van der Waals surface area (Å²) in [6, 6.07) is 20.4. The van der Waals surface area contributed by atoms with Crippen LogP contribution in [-0.2, 0) is 17.9 Å². The van der Waals surface area contributed by atoms with Crippen molar-refractivity contribution in [1.82, 2.24) is 20.1 Å². The number of nitrogens with zero attached hydrogens (tertiary/aromatic N) is 3. The highest BCUT2D eigenvalue weighted by molar-refractivity contribution is 7.99. The summed E-state index contributed by atoms with van der Waals surface area (Å²) in [6.07, 6.45) is 6.18. The van der Waals surface area contributed by atoms with Crippen LogP contribution < -0.4 is 5.32 Å². The third kappa shape index (κ3) is 5.51. The van der Waals surface area contributed by atoms with Gasteiger partial charge in [0.05, 0.1) is 12.3 Å². The van der Waals surface area contributed by atoms with Crippen LogP contribution in [0.3, 0.4) is 0 Å². The summed E-state index contributed by atoms with van der Waals surface area (Å²) < 4.78 is 2.22. The fraction of sp³-hybridized carbons (Fsp3) is 0.375. The summed E-state index contributed by atoms with van der Waals surface area (Å²) >= 11 is 1.47. The zero-order valence-electron chi connectivity index (χ0n) is 17.2. The molecule has 0 bridgehead atoms. The minimum absolute atomic E-state index is 0.0114. The van der Waals surface area contributed by atoms with Gasteiger partial charge in [0.1, 0.15) is 5.82 Å². The first-order chi connectivity index (χ1) is 14.8. The predicted molar refractivity (Wildman–Crippen MR) is 120 cm³/mol. The van der Waals surface area contributed by atoms with E-state index in [1.54, 1.807) is 0 Å². The maximum absolute atomic E-state index is 12.4. The number of benzene rings is 2. The third-order valence-corrected chi connectivity index (χ3v) is 6.53. The van der Waals surface area contributed by atoms with Crippen molar-refractivity contribution in [2.45, 2.75) is 56.3 Å². The molecule has 156 valence electrons. The molecule has 5 nitrogen and oxygen atoms in total. The zero-order chi connectivity index (χ0) is 20.6. The number of aromatic nitrogens is 3. The van der Waals surface area contributed by atoms with E-state index < -0.39 is 0 Å². The van der Waals surface area contributed by atoms with Crippen molar-refractivity contribution in [2.24, 2.45) is 0 Å². The number of rotatable bonds is 8. The maximum Gasteiger partial charge on any atom is 0.230 e. The van der Waals surface area contributed by atoms with Crippen molar-refractivity contribution in [3.8, 4) is 0 Å². The molecule has 1 aliphatic carbocycles. The molecule has 4 rings (SSSR count). The molecule has 2 aromatic carbocycles. The summed E-state index contributed by atoms with van der Waals surface area (Å²) in [6.45, 7) is 1.29. The number of thioether (sulfide) groups is 1. The Bertz CT molecular complexity index is 936. The Morgan fingerprint density at radius 2 is 1.60 bits per heavy atom. The molecule has 1 fully saturated rings. The molecule has 3 aromatic rings. The molecule has 1 saturated carbocycles. The highest BCUT2D eigenvalue weighted by atomic mass is 32.2. The van der Waals surface area contributed by atoms with Gasteiger partial charge in [-0.25, -0.2) is 0 Å². The second-order valence-corrected chi connectivity index (χ2v) is 8.74. The number of hydrogen-bond donors (Lipinski definition) is 1. The highest BCUT2D eigenvalue weighted by Gasteiger charge is 2.24. The van der Waals surface area contributed by atoms with Crippen LogP contribution >= 0.6 is 11.8 Å². The molecule has 1 N–H and O–H groups in total. The van der Waals surface area contributed by atoms with Crippen LogP contribution in [0.1, 0.15) is 55.0 Å². The van der Waals surface area contributed by atoms with Crippen LogP contribution in [0.15, 0.2) is 65.8 Å². The van der Waals surface area contributed by atoms with Gasteiger partial charge in [0.15, 0.2) is 5.16 Å². The lowest BCUT2D eigenvalue weighted by molar-refractivity contribution is -0.118. The van der Waals surface area contributed by atoms with Gasteiger partial charge in [0.2, 0.25) is 5.91 Å². The fourth-order valence-electron chi connectivity index (χ4n) is 3.96. The molecule has 0 atom stereocenters. The van der Waals surface area contributed by atoms with E-state index in [-0.39, 0.29) is 5.91 Å². The van der Waals surface area contributed by atoms with E-state index in [4.69, 9.17) is 0 Å². The quantitative estimate of drug-likeness (QED) is 0.533. The van der Waals surface area contributed by atoms with Gasteiger partial charge in [0, 0.05) is 12.5 Å². The lowest BCUT2D eigenvalue weighted by atomic mass is 9.88. The topological polar surface area (TPSA) is 59.8 Å². The largest absolute Gasteiger partial charge is 0.351 e. The lowest BCUT2D eigenvalue weighted by Crippen LogP contribution is -2.24. The minimum Gasteiger partial charge on any atom is -0.351 e. The summed E-state index contributed by atoms with van der Waals surface area (Å²) in [4.78, 5) is 12.4. The van der Waals surface area contributed by atoms with Gasteiger partial charge in [-0.15, -0.1) is 10.2 Å². The van der Waals surface area contributed by atoms with Gasteiger partial charge >= 0.3 is 0 Å². The first-order valence-corrected chi connectivity index (χ1v) is 11.7. The van der Waals surface area contributed by atoms with E-state index in [9.17, 15) is 4.79 Å². The average Bonchev–Trinajstić information content (AvgIpc) is 3.20. The Morgan fingerprint density at radius 1 is 0.933 bits per heavy atom. The van der Waals surface area contributed by atoms with E-state index in [0.29, 0.717) is 18.2 Å². The van der Waals surface area contributed by atoms with Crippen LogP contribution in [0, 0.1) is 0 Å². The van der Waals surface area contributed by atoms with Crippen LogP contribution in [0.2, 0.25) is 0 Å². The van der Waals surface area contributed by atoms with Crippen molar-refractivity contribution in [2.75, 3.05) is 5.75 Å². The standard InChI is InChI=1S/C24H28N4OS/c29-22(25-16-19-10-4-1-5-11-19)18-30-24-27-26-23(21-14-8-3-9-15-21)28(24)17-20-12-6-2-7-13-20/h1-2,4-7,10-13,21H,3,8-9,14-18H2,(H,25,29). The summed E-state index contributed by atoms with van der Waals surface area (Å²) in [5.74, 6) is 1.89. The van der Waals surface area contributed by atoms with Crippen molar-refractivity contribution in [3.63, 3.8) is 0 Å². The van der Waals surface area contributed by atoms with Crippen molar-refractivity contribution in [1.29, 1.82) is 0 Å². The molecule has 0 unspecified atom stereocenters. The maximum atomic E-state index is 12.4. The molecule has 0 saturated heterocycles. The smallest absolute Gasteiger partial charge is 0.230 e. The number of carbonyl (C=O) groups is 1. The first-order valence-electron chi connectivity index (χ1n) is 10.7. The molecular formula is C24H28N4OS. The molecule has 0 spiro atoms. The lowest BCUT2D eigenvalue weighted by Gasteiger charge is -2.22. The van der Waals surface area contributed by atoms with Gasteiger partial charge < -0.3 is 9.88 Å². The Labute approximate surface area is 182 Å². The summed E-state index contributed by atoms with van der Waals surface area (Å²) in [5.41, 5.74) is 2.33. The number of carbonyl (C=O) groups excluding carboxylic acids is 1. The van der Waals surface area contributed by atoms with Crippen LogP contribution in [-0.4, -0.2) is 26.4 Å². The molecule has 1 aliphatic rings. The monoisotopic (exact) mass is 420 g/mol. The first kappa shape index (κ1) is 20.7. The van der Waals surface area contributed by atoms with Crippen LogP contribution in [0.5, 0.6) is 0 Å². The normalized spacial score (nSPS) is 14.5. The molecule has 1 aromatic heterocycles. The van der Waals surface area contributed by atoms with Crippen molar-refractivity contribution < 1.29 is 4.79 Å². The van der Waals surface area contributed by atoms with Crippen molar-refractivity contribution in [3.05, 3.63) is 77.6 Å². The summed E-state index contributed by atoms with van der Waals surface area (Å²) in [5, 5.41) is 12.9. The van der Waals surface area contributed by atoms with E-state index in [1.165, 1.54) is 49.4 Å². The summed E-state index contributed by atoms with van der Waals surface area (Å²) in [7, 11) is 0. The van der Waals surface area contributed by atoms with E-state index in [0.717, 1.165) is 23.1 Å². The second-order valence-electron chi connectivity index (χ2n) is 7.80. The number of amides is 1. The molecule has 0 radical (unpaired) electrons. The molecule has 1 amide bonds. The Hall–Kier alpha value is -2.60. The molecule has 0 aliphatic heterocycles. The molecule has 1 heterocycles. The van der Waals surface area contributed by atoms with Gasteiger partial charge in [0.25, 0.3) is 0 Å². The molecular weight excluding hydrogens is 392 g/mol. The van der Waals surface area contributed by atoms with Gasteiger partial charge in [-0.2, -0.15) is 0 Å². The average molecular weight is 421 g/mol. The Kier molecular flexibility index (Phi) is 7.19.